The highest BCUT2D eigenvalue weighted by molar-refractivity contribution is 6.68. The molecular weight excluding hydrogens is 570 g/mol. The van der Waals surface area contributed by atoms with Crippen LogP contribution in [0.5, 0.6) is 5.75 Å². The van der Waals surface area contributed by atoms with Crippen molar-refractivity contribution >= 4 is 36.6 Å². The number of rotatable bonds is 5. The third kappa shape index (κ3) is 4.67. The van der Waals surface area contributed by atoms with Crippen molar-refractivity contribution in [3.05, 3.63) is 35.9 Å². The summed E-state index contributed by atoms with van der Waals surface area (Å²) >= 11 is 0. The number of hydrazone groups is 1. The van der Waals surface area contributed by atoms with Crippen LogP contribution in [0.2, 0.25) is 0 Å². The lowest BCUT2D eigenvalue weighted by Crippen LogP contribution is -2.63. The summed E-state index contributed by atoms with van der Waals surface area (Å²) in [6, 6.07) is 3.29. The zero-order valence-corrected chi connectivity index (χ0v) is 26.2. The number of hydrogen-bond acceptors (Lipinski definition) is 9. The highest BCUT2D eigenvalue weighted by Crippen LogP contribution is 2.68. The molecule has 5 rings (SSSR count). The first-order chi connectivity index (χ1) is 20.7. The minimum atomic E-state index is -1.63. The lowest BCUT2D eigenvalue weighted by Gasteiger charge is -2.61. The summed E-state index contributed by atoms with van der Waals surface area (Å²) in [6.45, 7) is 12.9. The summed E-state index contributed by atoms with van der Waals surface area (Å²) in [4.78, 5) is 39.9. The molecule has 0 radical (unpaired) electrons. The Balaban J connectivity index is 1.43. The number of hydrogen-bond donors (Lipinski definition) is 2. The maximum atomic E-state index is 15.3. The fraction of sp³-hybridized carbons (Fsp3) is 0.625. The second kappa shape index (κ2) is 11.3. The number of fused-ring (bicyclic) bond motifs is 1. The van der Waals surface area contributed by atoms with Gasteiger partial charge in [0.2, 0.25) is 0 Å². The minimum absolute atomic E-state index is 0.0512. The van der Waals surface area contributed by atoms with Crippen LogP contribution in [-0.4, -0.2) is 78.3 Å². The molecule has 2 N–H and O–H groups in total. The zero-order chi connectivity index (χ0) is 32.4. The number of benzene rings is 1. The molecule has 238 valence electrons. The standard InChI is InChI=1S/C32H42BFN2O8/c1-8-30(5)14-23(31(6)17(2)11-12-32(19(4)28(30)39)13-21(34)26(38)27(31)32)44-24(37)16-43-22-10-9-20-15-35-36(29(40)42-7)33(41)25(20)18(22)3/h8-10,15,17,19,21,23,27-28,39,41H,1,11-14,16H2,2-7H3/t17-,19+,21+,23-,27+,28+,30-,31+,32+/m1/s1. The zero-order valence-electron chi connectivity index (χ0n) is 26.2. The number of alkyl halides is 1. The number of carbonyl (C=O) groups is 3. The smallest absolute Gasteiger partial charge is 0.479 e. The van der Waals surface area contributed by atoms with E-state index in [0.29, 0.717) is 35.2 Å². The van der Waals surface area contributed by atoms with Crippen molar-refractivity contribution in [3.63, 3.8) is 0 Å². The van der Waals surface area contributed by atoms with Crippen LogP contribution in [0.1, 0.15) is 64.5 Å². The number of halogens is 1. The molecule has 3 aliphatic carbocycles. The van der Waals surface area contributed by atoms with Crippen LogP contribution in [-0.2, 0) is 19.1 Å². The highest BCUT2D eigenvalue weighted by atomic mass is 19.1. The van der Waals surface area contributed by atoms with Crippen molar-refractivity contribution < 1.29 is 43.1 Å². The van der Waals surface area contributed by atoms with Gasteiger partial charge in [-0.05, 0) is 72.5 Å². The second-order valence-electron chi connectivity index (χ2n) is 13.6. The summed E-state index contributed by atoms with van der Waals surface area (Å²) in [5.74, 6) is -2.00. The molecule has 3 fully saturated rings. The molecule has 4 aliphatic rings. The van der Waals surface area contributed by atoms with E-state index in [-0.39, 0.29) is 24.7 Å². The molecule has 1 amide bonds. The quantitative estimate of drug-likeness (QED) is 0.294. The molecule has 0 unspecified atom stereocenters. The predicted octanol–water partition coefficient (Wildman–Crippen LogP) is 3.33. The van der Waals surface area contributed by atoms with Crippen LogP contribution in [0.25, 0.3) is 0 Å². The van der Waals surface area contributed by atoms with E-state index >= 15 is 4.39 Å². The summed E-state index contributed by atoms with van der Waals surface area (Å²) in [5, 5.41) is 26.4. The number of Topliss-reactive ketones (excluding diaryl/α,β-unsaturated/α-hetero) is 1. The highest BCUT2D eigenvalue weighted by Gasteiger charge is 2.70. The van der Waals surface area contributed by atoms with Crippen LogP contribution in [0, 0.1) is 40.9 Å². The fourth-order valence-corrected chi connectivity index (χ4v) is 8.67. The number of ketones is 1. The first kappa shape index (κ1) is 32.2. The maximum Gasteiger partial charge on any atom is 0.479 e. The second-order valence-corrected chi connectivity index (χ2v) is 13.6. The molecule has 9 atom stereocenters. The molecule has 1 aromatic rings. The minimum Gasteiger partial charge on any atom is -0.482 e. The van der Waals surface area contributed by atoms with Gasteiger partial charge in [0, 0.05) is 16.7 Å². The third-order valence-corrected chi connectivity index (χ3v) is 11.6. The largest absolute Gasteiger partial charge is 0.482 e. The molecule has 0 aromatic heterocycles. The number of esters is 1. The summed E-state index contributed by atoms with van der Waals surface area (Å²) in [5.41, 5.74) is -1.06. The van der Waals surface area contributed by atoms with Gasteiger partial charge in [0.1, 0.15) is 11.9 Å². The molecular formula is C32H42BFN2O8. The summed E-state index contributed by atoms with van der Waals surface area (Å²) in [7, 11) is -0.241. The number of amides is 1. The first-order valence-corrected chi connectivity index (χ1v) is 15.2. The Labute approximate surface area is 257 Å². The predicted molar refractivity (Wildman–Crippen MR) is 161 cm³/mol. The van der Waals surface area contributed by atoms with E-state index in [2.05, 4.69) is 16.4 Å². The molecule has 0 saturated heterocycles. The molecule has 0 spiro atoms. The van der Waals surface area contributed by atoms with Gasteiger partial charge in [0.25, 0.3) is 0 Å². The van der Waals surface area contributed by atoms with E-state index in [1.165, 1.54) is 13.3 Å². The Kier molecular flexibility index (Phi) is 8.24. The summed E-state index contributed by atoms with van der Waals surface area (Å²) < 4.78 is 32.1. The van der Waals surface area contributed by atoms with Crippen molar-refractivity contribution in [1.29, 1.82) is 0 Å². The Morgan fingerprint density at radius 3 is 2.64 bits per heavy atom. The van der Waals surface area contributed by atoms with E-state index in [4.69, 9.17) is 9.47 Å². The Bertz CT molecular complexity index is 1410. The Morgan fingerprint density at radius 1 is 1.27 bits per heavy atom. The van der Waals surface area contributed by atoms with E-state index in [1.54, 1.807) is 25.1 Å². The molecule has 1 heterocycles. The number of aliphatic hydroxyl groups excluding tert-OH is 1. The van der Waals surface area contributed by atoms with Crippen molar-refractivity contribution in [2.24, 2.45) is 39.1 Å². The topological polar surface area (TPSA) is 135 Å². The average Bonchev–Trinajstić information content (AvgIpc) is 3.27. The van der Waals surface area contributed by atoms with Crippen LogP contribution in [0.4, 0.5) is 9.18 Å². The lowest BCUT2D eigenvalue weighted by atomic mass is 9.44. The van der Waals surface area contributed by atoms with Crippen LogP contribution < -0.4 is 10.2 Å². The molecule has 44 heavy (non-hydrogen) atoms. The lowest BCUT2D eigenvalue weighted by molar-refractivity contribution is -0.207. The van der Waals surface area contributed by atoms with Gasteiger partial charge in [-0.1, -0.05) is 39.8 Å². The van der Waals surface area contributed by atoms with Crippen LogP contribution in [0.15, 0.2) is 29.9 Å². The van der Waals surface area contributed by atoms with Gasteiger partial charge in [-0.3, -0.25) is 4.79 Å². The van der Waals surface area contributed by atoms with Crippen LogP contribution in [0.3, 0.4) is 0 Å². The average molecular weight is 613 g/mol. The van der Waals surface area contributed by atoms with E-state index in [1.807, 2.05) is 27.7 Å². The maximum absolute atomic E-state index is 15.3. The molecule has 12 heteroatoms. The molecule has 10 nitrogen and oxygen atoms in total. The Morgan fingerprint density at radius 2 is 1.98 bits per heavy atom. The molecule has 1 aromatic carbocycles. The number of methoxy groups -OCH3 is 1. The molecule has 2 bridgehead atoms. The van der Waals surface area contributed by atoms with Gasteiger partial charge in [0.15, 0.2) is 18.6 Å². The van der Waals surface area contributed by atoms with Crippen molar-refractivity contribution in [2.45, 2.75) is 78.7 Å². The fourth-order valence-electron chi connectivity index (χ4n) is 8.67. The van der Waals surface area contributed by atoms with E-state index in [9.17, 15) is 24.5 Å². The van der Waals surface area contributed by atoms with Gasteiger partial charge in [0.05, 0.1) is 19.4 Å². The monoisotopic (exact) mass is 612 g/mol. The van der Waals surface area contributed by atoms with Crippen molar-refractivity contribution in [1.82, 2.24) is 4.92 Å². The van der Waals surface area contributed by atoms with E-state index in [0.717, 1.165) is 4.92 Å². The number of carbonyl (C=O) groups excluding carboxylic acids is 3. The van der Waals surface area contributed by atoms with Gasteiger partial charge in [-0.2, -0.15) is 5.10 Å². The first-order valence-electron chi connectivity index (χ1n) is 15.2. The van der Waals surface area contributed by atoms with Gasteiger partial charge < -0.3 is 24.3 Å². The number of ether oxygens (including phenoxy) is 3. The number of aliphatic hydroxyl groups is 1. The normalized spacial score (nSPS) is 37.8. The SMILES string of the molecule is C=C[C@]1(C)C[C@@H](OC(=O)COc2ccc3c(c2C)B(O)N(C(=O)OC)N=C3)[C@]2(C)[C@H](C)CC[C@]3(C[C@H](F)C(=O)[C@H]32)[C@@H](C)[C@@H]1O. The molecule has 3 saturated carbocycles. The van der Waals surface area contributed by atoms with Crippen molar-refractivity contribution in [2.75, 3.05) is 13.7 Å². The van der Waals surface area contributed by atoms with Gasteiger partial charge >= 0.3 is 19.1 Å². The van der Waals surface area contributed by atoms with Crippen LogP contribution >= 0.6 is 0 Å². The van der Waals surface area contributed by atoms with Gasteiger partial charge in [-0.25, -0.2) is 18.9 Å². The molecule has 1 aliphatic heterocycles. The summed E-state index contributed by atoms with van der Waals surface area (Å²) in [6.07, 6.45) is 0.458. The van der Waals surface area contributed by atoms with Gasteiger partial charge in [-0.15, -0.1) is 6.58 Å². The number of nitrogens with zero attached hydrogens (tertiary/aromatic N) is 2. The Hall–Kier alpha value is -3.25. The third-order valence-electron chi connectivity index (χ3n) is 11.6. The van der Waals surface area contributed by atoms with Crippen molar-refractivity contribution in [3.8, 4) is 5.75 Å². The van der Waals surface area contributed by atoms with E-state index < -0.39 is 72.0 Å².